The molecule has 1 saturated heterocycles. The third kappa shape index (κ3) is 6.36. The predicted molar refractivity (Wildman–Crippen MR) is 132 cm³/mol. The molecule has 34 heavy (non-hydrogen) atoms. The lowest BCUT2D eigenvalue weighted by atomic mass is 9.95. The van der Waals surface area contributed by atoms with Crippen molar-refractivity contribution >= 4 is 23.2 Å². The largest absolute Gasteiger partial charge is 0.495 e. The van der Waals surface area contributed by atoms with E-state index < -0.39 is 0 Å². The topological polar surface area (TPSA) is 79.9 Å². The molecule has 0 spiro atoms. The maximum absolute atomic E-state index is 12.7. The Labute approximate surface area is 199 Å². The van der Waals surface area contributed by atoms with Crippen molar-refractivity contribution in [2.45, 2.75) is 12.8 Å². The van der Waals surface area contributed by atoms with E-state index in [4.69, 9.17) is 9.47 Å². The average molecular weight is 460 g/mol. The Morgan fingerprint density at radius 1 is 0.853 bits per heavy atom. The lowest BCUT2D eigenvalue weighted by Gasteiger charge is -2.30. The van der Waals surface area contributed by atoms with E-state index in [1.165, 1.54) is 0 Å². The first-order chi connectivity index (χ1) is 16.6. The van der Waals surface area contributed by atoms with Crippen LogP contribution in [0.1, 0.15) is 12.8 Å². The number of nitrogens with zero attached hydrogens (tertiary/aromatic N) is 1. The SMILES string of the molecule is COc1ccccc1NC(=O)C1CCN(CC(=O)Nc2ccc(Oc3ccccc3)cc2)CC1. The Hall–Kier alpha value is -3.84. The second-order valence-electron chi connectivity index (χ2n) is 8.23. The summed E-state index contributed by atoms with van der Waals surface area (Å²) in [6.07, 6.45) is 1.42. The van der Waals surface area contributed by atoms with Crippen LogP contribution >= 0.6 is 0 Å². The molecular formula is C27H29N3O4. The van der Waals surface area contributed by atoms with Gasteiger partial charge in [0.2, 0.25) is 11.8 Å². The van der Waals surface area contributed by atoms with Gasteiger partial charge >= 0.3 is 0 Å². The summed E-state index contributed by atoms with van der Waals surface area (Å²) in [4.78, 5) is 27.3. The molecule has 1 aliphatic heterocycles. The minimum atomic E-state index is -0.0821. The van der Waals surface area contributed by atoms with E-state index in [-0.39, 0.29) is 17.7 Å². The minimum absolute atomic E-state index is 0.00795. The van der Waals surface area contributed by atoms with Crippen LogP contribution in [-0.4, -0.2) is 43.5 Å². The zero-order valence-corrected chi connectivity index (χ0v) is 19.2. The van der Waals surface area contributed by atoms with E-state index in [0.717, 1.165) is 11.4 Å². The number of methoxy groups -OCH3 is 1. The standard InChI is InChI=1S/C27H29N3O4/c1-33-25-10-6-5-9-24(25)29-27(32)20-15-17-30(18-16-20)19-26(31)28-21-11-13-23(14-12-21)34-22-7-3-2-4-8-22/h2-14,20H,15-19H2,1H3,(H,28,31)(H,29,32). The van der Waals surface area contributed by atoms with Gasteiger partial charge in [-0.3, -0.25) is 14.5 Å². The van der Waals surface area contributed by atoms with E-state index in [1.54, 1.807) is 7.11 Å². The highest BCUT2D eigenvalue weighted by molar-refractivity contribution is 5.94. The molecule has 0 saturated carbocycles. The summed E-state index contributed by atoms with van der Waals surface area (Å²) in [5.74, 6) is 1.95. The van der Waals surface area contributed by atoms with Gasteiger partial charge in [-0.25, -0.2) is 0 Å². The highest BCUT2D eigenvalue weighted by Gasteiger charge is 2.26. The fourth-order valence-corrected chi connectivity index (χ4v) is 3.97. The molecule has 7 nitrogen and oxygen atoms in total. The van der Waals surface area contributed by atoms with Gasteiger partial charge in [0.15, 0.2) is 0 Å². The monoisotopic (exact) mass is 459 g/mol. The lowest BCUT2D eigenvalue weighted by Crippen LogP contribution is -2.41. The molecule has 3 aromatic rings. The van der Waals surface area contributed by atoms with Crippen molar-refractivity contribution in [3.8, 4) is 17.2 Å². The number of anilines is 2. The third-order valence-electron chi connectivity index (χ3n) is 5.81. The molecule has 1 aliphatic rings. The molecule has 3 aromatic carbocycles. The average Bonchev–Trinajstić information content (AvgIpc) is 2.86. The number of rotatable bonds is 8. The van der Waals surface area contributed by atoms with E-state index in [1.807, 2.05) is 78.9 Å². The molecule has 1 heterocycles. The van der Waals surface area contributed by atoms with Gasteiger partial charge in [0.25, 0.3) is 0 Å². The number of hydrogen-bond acceptors (Lipinski definition) is 5. The Morgan fingerprint density at radius 3 is 2.21 bits per heavy atom. The summed E-state index contributed by atoms with van der Waals surface area (Å²) in [6, 6.07) is 24.2. The molecular weight excluding hydrogens is 430 g/mol. The second kappa shape index (κ2) is 11.3. The molecule has 1 fully saturated rings. The van der Waals surface area contributed by atoms with E-state index in [9.17, 15) is 9.59 Å². The van der Waals surface area contributed by atoms with Crippen LogP contribution in [0.15, 0.2) is 78.9 Å². The molecule has 4 rings (SSSR count). The third-order valence-corrected chi connectivity index (χ3v) is 5.81. The molecule has 0 atom stereocenters. The van der Waals surface area contributed by atoms with Crippen molar-refractivity contribution in [2.24, 2.45) is 5.92 Å². The number of amides is 2. The van der Waals surface area contributed by atoms with Gasteiger partial charge in [-0.05, 0) is 74.5 Å². The molecule has 2 amide bonds. The van der Waals surface area contributed by atoms with Crippen LogP contribution in [0.2, 0.25) is 0 Å². The number of benzene rings is 3. The first-order valence-corrected chi connectivity index (χ1v) is 11.4. The van der Waals surface area contributed by atoms with E-state index in [2.05, 4.69) is 15.5 Å². The predicted octanol–water partition coefficient (Wildman–Crippen LogP) is 4.78. The number of ether oxygens (including phenoxy) is 2. The van der Waals surface area contributed by atoms with Crippen molar-refractivity contribution in [3.05, 3.63) is 78.9 Å². The zero-order valence-electron chi connectivity index (χ0n) is 19.2. The fourth-order valence-electron chi connectivity index (χ4n) is 3.97. The number of likely N-dealkylation sites (tertiary alicyclic amines) is 1. The number of para-hydroxylation sites is 3. The number of piperidine rings is 1. The molecule has 0 unspecified atom stereocenters. The van der Waals surface area contributed by atoms with Gasteiger partial charge < -0.3 is 20.1 Å². The zero-order chi connectivity index (χ0) is 23.8. The Balaban J connectivity index is 1.21. The second-order valence-corrected chi connectivity index (χ2v) is 8.23. The van der Waals surface area contributed by atoms with Gasteiger partial charge in [-0.15, -0.1) is 0 Å². The Morgan fingerprint density at radius 2 is 1.50 bits per heavy atom. The number of hydrogen-bond donors (Lipinski definition) is 2. The Kier molecular flexibility index (Phi) is 7.78. The highest BCUT2D eigenvalue weighted by Crippen LogP contribution is 2.26. The molecule has 0 aliphatic carbocycles. The van der Waals surface area contributed by atoms with Gasteiger partial charge in [0, 0.05) is 11.6 Å². The van der Waals surface area contributed by atoms with Crippen LogP contribution in [0.5, 0.6) is 17.2 Å². The molecule has 0 radical (unpaired) electrons. The van der Waals surface area contributed by atoms with Gasteiger partial charge in [-0.2, -0.15) is 0 Å². The summed E-state index contributed by atoms with van der Waals surface area (Å²) < 4.78 is 11.1. The van der Waals surface area contributed by atoms with Gasteiger partial charge in [0.05, 0.1) is 19.3 Å². The van der Waals surface area contributed by atoms with Gasteiger partial charge in [-0.1, -0.05) is 30.3 Å². The van der Waals surface area contributed by atoms with Crippen LogP contribution in [-0.2, 0) is 9.59 Å². The first kappa shape index (κ1) is 23.3. The number of carbonyl (C=O) groups excluding carboxylic acids is 2. The quantitative estimate of drug-likeness (QED) is 0.507. The van der Waals surface area contributed by atoms with Crippen LogP contribution in [0.3, 0.4) is 0 Å². The van der Waals surface area contributed by atoms with Crippen molar-refractivity contribution < 1.29 is 19.1 Å². The summed E-state index contributed by atoms with van der Waals surface area (Å²) >= 11 is 0. The van der Waals surface area contributed by atoms with Gasteiger partial charge in [0.1, 0.15) is 17.2 Å². The normalized spacial score (nSPS) is 14.3. The highest BCUT2D eigenvalue weighted by atomic mass is 16.5. The summed E-state index contributed by atoms with van der Waals surface area (Å²) in [5, 5.41) is 5.90. The van der Waals surface area contributed by atoms with E-state index in [0.29, 0.717) is 49.7 Å². The molecule has 7 heteroatoms. The van der Waals surface area contributed by atoms with Crippen LogP contribution in [0.4, 0.5) is 11.4 Å². The lowest BCUT2D eigenvalue weighted by molar-refractivity contribution is -0.121. The smallest absolute Gasteiger partial charge is 0.238 e. The van der Waals surface area contributed by atoms with Crippen molar-refractivity contribution in [1.29, 1.82) is 0 Å². The summed E-state index contributed by atoms with van der Waals surface area (Å²) in [7, 11) is 1.58. The van der Waals surface area contributed by atoms with Crippen LogP contribution in [0, 0.1) is 5.92 Å². The fraction of sp³-hybridized carbons (Fsp3) is 0.259. The van der Waals surface area contributed by atoms with Crippen LogP contribution in [0.25, 0.3) is 0 Å². The van der Waals surface area contributed by atoms with Crippen molar-refractivity contribution in [3.63, 3.8) is 0 Å². The minimum Gasteiger partial charge on any atom is -0.495 e. The van der Waals surface area contributed by atoms with Crippen molar-refractivity contribution in [1.82, 2.24) is 4.90 Å². The summed E-state index contributed by atoms with van der Waals surface area (Å²) in [5.41, 5.74) is 1.40. The number of carbonyl (C=O) groups is 2. The molecule has 2 N–H and O–H groups in total. The maximum Gasteiger partial charge on any atom is 0.238 e. The molecule has 0 bridgehead atoms. The number of nitrogens with one attached hydrogen (secondary N) is 2. The van der Waals surface area contributed by atoms with E-state index >= 15 is 0 Å². The van der Waals surface area contributed by atoms with Crippen LogP contribution < -0.4 is 20.1 Å². The maximum atomic E-state index is 12.7. The summed E-state index contributed by atoms with van der Waals surface area (Å²) in [6.45, 7) is 1.69. The Bertz CT molecular complexity index is 1090. The molecule has 176 valence electrons. The van der Waals surface area contributed by atoms with Crippen molar-refractivity contribution in [2.75, 3.05) is 37.4 Å². The molecule has 0 aromatic heterocycles. The first-order valence-electron chi connectivity index (χ1n) is 11.4.